The van der Waals surface area contributed by atoms with Gasteiger partial charge in [-0.2, -0.15) is 0 Å². The Morgan fingerprint density at radius 2 is 1.03 bits per heavy atom. The van der Waals surface area contributed by atoms with Crippen molar-refractivity contribution in [1.82, 2.24) is 0 Å². The summed E-state index contributed by atoms with van der Waals surface area (Å²) >= 11 is 12.7. The zero-order chi connectivity index (χ0) is 27.2. The number of nitrogens with two attached hydrogens (primary N) is 2. The van der Waals surface area contributed by atoms with Gasteiger partial charge in [0.15, 0.2) is 9.84 Å². The molecule has 192 valence electrons. The maximum atomic E-state index is 14.3. The number of nitrogens with zero attached hydrogens (tertiary/aromatic N) is 2. The highest BCUT2D eigenvalue weighted by molar-refractivity contribution is 9.11. The Morgan fingerprint density at radius 3 is 1.26 bits per heavy atom. The summed E-state index contributed by atoms with van der Waals surface area (Å²) in [5, 5.41) is 21.2. The molecule has 0 saturated carbocycles. The molecule has 2 aromatic carbocycles. The van der Waals surface area contributed by atoms with Gasteiger partial charge in [0.2, 0.25) is 0 Å². The van der Waals surface area contributed by atoms with E-state index in [0.29, 0.717) is 0 Å². The molecule has 0 heterocycles. The van der Waals surface area contributed by atoms with E-state index in [9.17, 15) is 28.6 Å². The van der Waals surface area contributed by atoms with Crippen LogP contribution in [-0.2, 0) is 9.84 Å². The van der Waals surface area contributed by atoms with Crippen LogP contribution >= 0.6 is 63.7 Å². The molecule has 0 aliphatic heterocycles. The average molecular weight is 766 g/mol. The number of halogens is 4. The average Bonchev–Trinajstić information content (AvgIpc) is 2.68. The zero-order valence-corrected chi connectivity index (χ0v) is 26.0. The standard InChI is InChI=1S/C20H22Br4N4O6S/c1-7(2)19(9-5-11(21)15(25)13(23)17(9)27(29)30)35(33,34)20(8(3)4)10-6-12(22)16(26)14(24)18(10)28(31)32/h5-8,19-20H,25-26H2,1-4H3. The van der Waals surface area contributed by atoms with E-state index >= 15 is 0 Å². The van der Waals surface area contributed by atoms with Crippen molar-refractivity contribution in [3.05, 3.63) is 61.4 Å². The Labute approximate surface area is 235 Å². The second-order valence-corrected chi connectivity index (χ2v) is 14.0. The number of nitro benzene ring substituents is 2. The van der Waals surface area contributed by atoms with E-state index in [2.05, 4.69) is 63.7 Å². The lowest BCUT2D eigenvalue weighted by molar-refractivity contribution is -0.386. The van der Waals surface area contributed by atoms with Crippen LogP contribution in [0, 0.1) is 32.1 Å². The number of rotatable bonds is 8. The van der Waals surface area contributed by atoms with Crippen molar-refractivity contribution in [2.24, 2.45) is 11.8 Å². The van der Waals surface area contributed by atoms with Crippen molar-refractivity contribution < 1.29 is 18.3 Å². The highest BCUT2D eigenvalue weighted by Crippen LogP contribution is 2.52. The van der Waals surface area contributed by atoms with Crippen molar-refractivity contribution in [2.75, 3.05) is 11.5 Å². The summed E-state index contributed by atoms with van der Waals surface area (Å²) in [6, 6.07) is 2.64. The molecule has 0 spiro atoms. The van der Waals surface area contributed by atoms with Crippen LogP contribution in [-0.4, -0.2) is 18.3 Å². The Hall–Kier alpha value is -1.29. The minimum Gasteiger partial charge on any atom is -0.397 e. The van der Waals surface area contributed by atoms with E-state index in [1.165, 1.54) is 12.1 Å². The molecule has 2 rings (SSSR count). The third-order valence-electron chi connectivity index (χ3n) is 5.41. The first-order chi connectivity index (χ1) is 16.0. The smallest absolute Gasteiger partial charge is 0.290 e. The van der Waals surface area contributed by atoms with Crippen molar-refractivity contribution in [2.45, 2.75) is 38.2 Å². The zero-order valence-electron chi connectivity index (χ0n) is 18.9. The lowest BCUT2D eigenvalue weighted by Crippen LogP contribution is -2.29. The van der Waals surface area contributed by atoms with Crippen LogP contribution in [0.25, 0.3) is 0 Å². The topological polar surface area (TPSA) is 172 Å². The summed E-state index contributed by atoms with van der Waals surface area (Å²) in [7, 11) is -4.35. The molecule has 0 aliphatic carbocycles. The van der Waals surface area contributed by atoms with Gasteiger partial charge >= 0.3 is 0 Å². The van der Waals surface area contributed by atoms with Crippen LogP contribution in [0.3, 0.4) is 0 Å². The maximum Gasteiger partial charge on any atom is 0.290 e. The monoisotopic (exact) mass is 762 g/mol. The van der Waals surface area contributed by atoms with Gasteiger partial charge in [0.25, 0.3) is 11.4 Å². The molecule has 2 unspecified atom stereocenters. The quantitative estimate of drug-likeness (QED) is 0.161. The molecule has 0 fully saturated rings. The van der Waals surface area contributed by atoms with Crippen molar-refractivity contribution in [3.63, 3.8) is 0 Å². The highest BCUT2D eigenvalue weighted by atomic mass is 79.9. The lowest BCUT2D eigenvalue weighted by atomic mass is 9.99. The summed E-state index contributed by atoms with van der Waals surface area (Å²) in [5.41, 5.74) is 10.8. The fourth-order valence-electron chi connectivity index (χ4n) is 4.08. The van der Waals surface area contributed by atoms with Crippen molar-refractivity contribution in [3.8, 4) is 0 Å². The Balaban J connectivity index is 3.01. The van der Waals surface area contributed by atoms with E-state index in [-0.39, 0.29) is 40.4 Å². The Morgan fingerprint density at radius 1 is 0.743 bits per heavy atom. The minimum atomic E-state index is -4.35. The van der Waals surface area contributed by atoms with E-state index in [1.54, 1.807) is 27.7 Å². The summed E-state index contributed by atoms with van der Waals surface area (Å²) in [6.07, 6.45) is 0. The number of nitrogen functional groups attached to an aromatic ring is 2. The van der Waals surface area contributed by atoms with Gasteiger partial charge in [-0.1, -0.05) is 27.7 Å². The van der Waals surface area contributed by atoms with Gasteiger partial charge < -0.3 is 11.5 Å². The summed E-state index contributed by atoms with van der Waals surface area (Å²) < 4.78 is 29.1. The number of nitro groups is 2. The molecule has 0 bridgehead atoms. The number of sulfone groups is 1. The van der Waals surface area contributed by atoms with Crippen molar-refractivity contribution in [1.29, 1.82) is 0 Å². The van der Waals surface area contributed by atoms with Gasteiger partial charge in [-0.3, -0.25) is 20.2 Å². The predicted octanol–water partition coefficient (Wildman–Crippen LogP) is 7.23. The van der Waals surface area contributed by atoms with E-state index in [4.69, 9.17) is 11.5 Å². The minimum absolute atomic E-state index is 0.0443. The van der Waals surface area contributed by atoms with E-state index < -0.39 is 53.4 Å². The van der Waals surface area contributed by atoms with Crippen LogP contribution in [0.15, 0.2) is 30.0 Å². The van der Waals surface area contributed by atoms with Crippen LogP contribution in [0.1, 0.15) is 49.3 Å². The Bertz CT molecular complexity index is 1220. The molecule has 35 heavy (non-hydrogen) atoms. The molecule has 2 atom stereocenters. The van der Waals surface area contributed by atoms with Gasteiger partial charge in [0.05, 0.1) is 42.8 Å². The molecule has 0 radical (unpaired) electrons. The first-order valence-corrected chi connectivity index (χ1v) is 14.8. The number of benzene rings is 2. The van der Waals surface area contributed by atoms with Gasteiger partial charge in [-0.15, -0.1) is 0 Å². The highest BCUT2D eigenvalue weighted by Gasteiger charge is 2.46. The van der Waals surface area contributed by atoms with Crippen LogP contribution in [0.2, 0.25) is 0 Å². The third-order valence-corrected chi connectivity index (χ3v) is 11.3. The molecular weight excluding hydrogens is 744 g/mol. The predicted molar refractivity (Wildman–Crippen MR) is 150 cm³/mol. The van der Waals surface area contributed by atoms with E-state index in [1.807, 2.05) is 0 Å². The first kappa shape index (κ1) is 29.9. The molecule has 2 aromatic rings. The maximum absolute atomic E-state index is 14.3. The summed E-state index contributed by atoms with van der Waals surface area (Å²) in [6.45, 7) is 6.46. The van der Waals surface area contributed by atoms with Gasteiger partial charge in [0.1, 0.15) is 8.95 Å². The van der Waals surface area contributed by atoms with Gasteiger partial charge in [-0.05, 0) is 87.7 Å². The van der Waals surface area contributed by atoms with E-state index in [0.717, 1.165) is 0 Å². The molecular formula is C20H22Br4N4O6S. The second-order valence-electron chi connectivity index (χ2n) is 8.48. The third kappa shape index (κ3) is 5.53. The lowest BCUT2D eigenvalue weighted by Gasteiger charge is -2.30. The largest absolute Gasteiger partial charge is 0.397 e. The molecule has 4 N–H and O–H groups in total. The summed E-state index contributed by atoms with van der Waals surface area (Å²) in [4.78, 5) is 22.6. The SMILES string of the molecule is CC(C)C(c1cc(Br)c(N)c(Br)c1[N+](=O)[O-])S(=O)(=O)C(c1cc(Br)c(N)c(Br)c1[N+](=O)[O-])C(C)C. The van der Waals surface area contributed by atoms with Crippen LogP contribution < -0.4 is 11.5 Å². The molecule has 0 saturated heterocycles. The van der Waals surface area contributed by atoms with Gasteiger partial charge in [0, 0.05) is 8.95 Å². The molecule has 0 amide bonds. The number of hydrogen-bond acceptors (Lipinski definition) is 8. The molecule has 10 nitrogen and oxygen atoms in total. The molecule has 0 aliphatic rings. The van der Waals surface area contributed by atoms with Crippen LogP contribution in [0.4, 0.5) is 22.7 Å². The number of anilines is 2. The first-order valence-electron chi connectivity index (χ1n) is 10.0. The molecule has 15 heteroatoms. The summed E-state index contributed by atoms with van der Waals surface area (Å²) in [5.74, 6) is -1.27. The number of hydrogen-bond donors (Lipinski definition) is 2. The van der Waals surface area contributed by atoms with Crippen LogP contribution in [0.5, 0.6) is 0 Å². The second kappa shape index (κ2) is 11.0. The fourth-order valence-corrected chi connectivity index (χ4v) is 9.57. The molecule has 0 aromatic heterocycles. The fraction of sp³-hybridized carbons (Fsp3) is 0.400. The van der Waals surface area contributed by atoms with Gasteiger partial charge in [-0.25, -0.2) is 8.42 Å². The van der Waals surface area contributed by atoms with Crippen molar-refractivity contribution >= 4 is 96.3 Å². The Kier molecular flexibility index (Phi) is 9.40. The normalized spacial score (nSPS) is 13.8.